The number of hydrogen-bond acceptors (Lipinski definition) is 0. The lowest BCUT2D eigenvalue weighted by atomic mass is 10.5. The quantitative estimate of drug-likeness (QED) is 0.565. The molecule has 0 aliphatic heterocycles. The summed E-state index contributed by atoms with van der Waals surface area (Å²) >= 11 is 8.36. The molecule has 0 heterocycles. The number of halogens is 2. The molecule has 0 unspecified atom stereocenters. The maximum atomic E-state index is 5.41. The molecule has 0 aliphatic rings. The number of rotatable bonds is 1. The van der Waals surface area contributed by atoms with Gasteiger partial charge in [0.05, 0.1) is 0 Å². The molecule has 2 heteroatoms. The molecule has 6 heavy (non-hydrogen) atoms. The highest BCUT2D eigenvalue weighted by molar-refractivity contribution is 9.10. The van der Waals surface area contributed by atoms with E-state index in [9.17, 15) is 0 Å². The van der Waals surface area contributed by atoms with Gasteiger partial charge in [0.1, 0.15) is 0 Å². The van der Waals surface area contributed by atoms with E-state index in [-0.39, 0.29) is 0 Å². The molecule has 0 N–H and O–H groups in total. The molecule has 0 saturated heterocycles. The first-order valence-electron chi connectivity index (χ1n) is 1.69. The van der Waals surface area contributed by atoms with Crippen LogP contribution in [0.15, 0.2) is 5.03 Å². The van der Waals surface area contributed by atoms with E-state index in [0.717, 1.165) is 11.5 Å². The summed E-state index contributed by atoms with van der Waals surface area (Å²) in [6.45, 7) is 1.97. The van der Waals surface area contributed by atoms with E-state index in [1.54, 1.807) is 0 Å². The van der Waals surface area contributed by atoms with Crippen LogP contribution in [0.25, 0.3) is 0 Å². The topological polar surface area (TPSA) is 0 Å². The van der Waals surface area contributed by atoms with E-state index in [2.05, 4.69) is 20.9 Å². The van der Waals surface area contributed by atoms with Crippen LogP contribution in [-0.4, -0.2) is 0 Å². The average Bonchev–Trinajstić information content (AvgIpc) is 1.65. The van der Waals surface area contributed by atoms with Crippen molar-refractivity contribution >= 4 is 27.5 Å². The molecular formula is C4H5BrCl. The Bertz CT molecular complexity index is 58.6. The fourth-order valence-corrected chi connectivity index (χ4v) is 0.347. The van der Waals surface area contributed by atoms with E-state index in [1.807, 2.05) is 6.92 Å². The third kappa shape index (κ3) is 2.73. The normalized spacial score (nSPS) is 12.2. The maximum Gasteiger partial charge on any atom is 0.0474 e. The summed E-state index contributed by atoms with van der Waals surface area (Å²) < 4.78 is 0. The minimum absolute atomic E-state index is 0.731. The van der Waals surface area contributed by atoms with Crippen molar-refractivity contribution in [3.05, 3.63) is 10.0 Å². The van der Waals surface area contributed by atoms with Crippen LogP contribution in [0.3, 0.4) is 0 Å². The summed E-state index contributed by atoms with van der Waals surface area (Å²) in [4.78, 5) is 2.61. The second-order valence-electron chi connectivity index (χ2n) is 0.853. The molecule has 0 aliphatic carbocycles. The largest absolute Gasteiger partial charge is 0.0879 e. The third-order valence-electron chi connectivity index (χ3n) is 0.413. The predicted octanol–water partition coefficient (Wildman–Crippen LogP) is 2.67. The SMILES string of the molecule is CC/C(Cl)=[C]\Br. The third-order valence-corrected chi connectivity index (χ3v) is 1.48. The zero-order chi connectivity index (χ0) is 4.99. The smallest absolute Gasteiger partial charge is 0.0474 e. The van der Waals surface area contributed by atoms with Crippen LogP contribution in [0, 0.1) is 4.99 Å². The molecule has 0 aromatic heterocycles. The first-order chi connectivity index (χ1) is 2.81. The van der Waals surface area contributed by atoms with Gasteiger partial charge in [0.15, 0.2) is 0 Å². The van der Waals surface area contributed by atoms with Gasteiger partial charge in [-0.25, -0.2) is 0 Å². The number of hydrogen-bond donors (Lipinski definition) is 0. The standard InChI is InChI=1S/C4H5BrCl/c1-2-4(6)3-5/h2H2,1H3. The zero-order valence-electron chi connectivity index (χ0n) is 3.46. The highest BCUT2D eigenvalue weighted by atomic mass is 79.9. The highest BCUT2D eigenvalue weighted by Crippen LogP contribution is 2.05. The Kier molecular flexibility index (Phi) is 4.01. The molecule has 0 atom stereocenters. The molecule has 1 radical (unpaired) electrons. The van der Waals surface area contributed by atoms with Gasteiger partial charge in [-0.15, -0.1) is 0 Å². The Morgan fingerprint density at radius 3 is 2.50 bits per heavy atom. The van der Waals surface area contributed by atoms with Crippen LogP contribution in [0.4, 0.5) is 0 Å². The van der Waals surface area contributed by atoms with Crippen molar-refractivity contribution < 1.29 is 0 Å². The minimum atomic E-state index is 0.731. The van der Waals surface area contributed by atoms with Crippen LogP contribution in [0.5, 0.6) is 0 Å². The molecule has 0 saturated carbocycles. The summed E-state index contributed by atoms with van der Waals surface area (Å²) in [6.07, 6.45) is 0.854. The van der Waals surface area contributed by atoms with Gasteiger partial charge in [-0.05, 0) is 22.4 Å². The molecule has 0 amide bonds. The highest BCUT2D eigenvalue weighted by Gasteiger charge is 1.79. The van der Waals surface area contributed by atoms with Gasteiger partial charge in [-0.1, -0.05) is 18.5 Å². The zero-order valence-corrected chi connectivity index (χ0v) is 5.80. The molecule has 0 fully saturated rings. The van der Waals surface area contributed by atoms with Crippen molar-refractivity contribution in [3.8, 4) is 0 Å². The van der Waals surface area contributed by atoms with Crippen LogP contribution in [0.1, 0.15) is 13.3 Å². The maximum absolute atomic E-state index is 5.41. The molecule has 0 spiro atoms. The van der Waals surface area contributed by atoms with Crippen molar-refractivity contribution in [3.63, 3.8) is 0 Å². The lowest BCUT2D eigenvalue weighted by Crippen LogP contribution is -1.57. The van der Waals surface area contributed by atoms with E-state index >= 15 is 0 Å². The van der Waals surface area contributed by atoms with E-state index in [4.69, 9.17) is 11.6 Å². The Morgan fingerprint density at radius 1 is 2.00 bits per heavy atom. The second-order valence-corrected chi connectivity index (χ2v) is 1.71. The summed E-state index contributed by atoms with van der Waals surface area (Å²) in [7, 11) is 0. The van der Waals surface area contributed by atoms with Crippen molar-refractivity contribution in [1.29, 1.82) is 0 Å². The average molecular weight is 168 g/mol. The molecule has 0 bridgehead atoms. The van der Waals surface area contributed by atoms with Gasteiger partial charge in [-0.2, -0.15) is 0 Å². The first-order valence-corrected chi connectivity index (χ1v) is 2.86. The molecular weight excluding hydrogens is 163 g/mol. The van der Waals surface area contributed by atoms with Gasteiger partial charge in [0.2, 0.25) is 0 Å². The van der Waals surface area contributed by atoms with Gasteiger partial charge in [0, 0.05) is 10.0 Å². The summed E-state index contributed by atoms with van der Waals surface area (Å²) in [5.74, 6) is 0. The number of allylic oxidation sites excluding steroid dienone is 1. The lowest BCUT2D eigenvalue weighted by Gasteiger charge is -1.79. The van der Waals surface area contributed by atoms with E-state index in [0.29, 0.717) is 0 Å². The van der Waals surface area contributed by atoms with Crippen molar-refractivity contribution in [2.45, 2.75) is 13.3 Å². The summed E-state index contributed by atoms with van der Waals surface area (Å²) in [5, 5.41) is 0.731. The van der Waals surface area contributed by atoms with Crippen LogP contribution >= 0.6 is 27.5 Å². The van der Waals surface area contributed by atoms with E-state index < -0.39 is 0 Å². The van der Waals surface area contributed by atoms with Gasteiger partial charge < -0.3 is 0 Å². The Morgan fingerprint density at radius 2 is 2.50 bits per heavy atom. The molecule has 35 valence electrons. The van der Waals surface area contributed by atoms with Crippen LogP contribution < -0.4 is 0 Å². The Balaban J connectivity index is 3.22. The predicted molar refractivity (Wildman–Crippen MR) is 31.8 cm³/mol. The first kappa shape index (κ1) is 6.51. The Hall–Kier alpha value is 0.510. The van der Waals surface area contributed by atoms with Crippen molar-refractivity contribution in [1.82, 2.24) is 0 Å². The van der Waals surface area contributed by atoms with Crippen molar-refractivity contribution in [2.75, 3.05) is 0 Å². The molecule has 0 aromatic carbocycles. The van der Waals surface area contributed by atoms with Crippen LogP contribution in [0.2, 0.25) is 0 Å². The molecule has 0 aromatic rings. The minimum Gasteiger partial charge on any atom is -0.0879 e. The van der Waals surface area contributed by atoms with Gasteiger partial charge in [-0.3, -0.25) is 0 Å². The lowest BCUT2D eigenvalue weighted by molar-refractivity contribution is 1.20. The second kappa shape index (κ2) is 3.69. The monoisotopic (exact) mass is 167 g/mol. The molecule has 0 nitrogen and oxygen atoms in total. The summed E-state index contributed by atoms with van der Waals surface area (Å²) in [6, 6.07) is 0. The summed E-state index contributed by atoms with van der Waals surface area (Å²) in [5.41, 5.74) is 0. The molecule has 0 rings (SSSR count). The fourth-order valence-electron chi connectivity index (χ4n) is 0.0668. The van der Waals surface area contributed by atoms with Gasteiger partial charge >= 0.3 is 0 Å². The fraction of sp³-hybridized carbons (Fsp3) is 0.500. The van der Waals surface area contributed by atoms with Crippen LogP contribution in [-0.2, 0) is 0 Å². The van der Waals surface area contributed by atoms with Gasteiger partial charge in [0.25, 0.3) is 0 Å². The van der Waals surface area contributed by atoms with E-state index in [1.165, 1.54) is 0 Å². The Labute approximate surface area is 51.3 Å². The van der Waals surface area contributed by atoms with Crippen molar-refractivity contribution in [2.24, 2.45) is 0 Å².